The highest BCUT2D eigenvalue weighted by Gasteiger charge is 2.30. The highest BCUT2D eigenvalue weighted by molar-refractivity contribution is 6.10. The van der Waals surface area contributed by atoms with Crippen LogP contribution in [0.3, 0.4) is 0 Å². The second-order valence-corrected chi connectivity index (χ2v) is 8.15. The summed E-state index contributed by atoms with van der Waals surface area (Å²) in [6.07, 6.45) is 1.63. The number of methoxy groups -OCH3 is 1. The van der Waals surface area contributed by atoms with Crippen molar-refractivity contribution in [2.75, 3.05) is 33.3 Å². The Bertz CT molecular complexity index is 1350. The smallest absolute Gasteiger partial charge is 0.260 e. The lowest BCUT2D eigenvalue weighted by Crippen LogP contribution is -2.46. The molecule has 4 aromatic rings. The molecule has 0 aliphatic carbocycles. The van der Waals surface area contributed by atoms with Crippen LogP contribution in [0.15, 0.2) is 60.8 Å². The molecule has 0 bridgehead atoms. The Kier molecular flexibility index (Phi) is 5.90. The first kappa shape index (κ1) is 21.9. The average molecular weight is 461 g/mol. The van der Waals surface area contributed by atoms with E-state index in [2.05, 4.69) is 10.3 Å². The fourth-order valence-electron chi connectivity index (χ4n) is 4.20. The zero-order chi connectivity index (χ0) is 23.7. The number of aromatic nitrogens is 2. The monoisotopic (exact) mass is 460 g/mol. The van der Waals surface area contributed by atoms with Crippen molar-refractivity contribution in [1.29, 1.82) is 0 Å². The van der Waals surface area contributed by atoms with Gasteiger partial charge in [-0.15, -0.1) is 0 Å². The number of hydrogen-bond acceptors (Lipinski definition) is 5. The van der Waals surface area contributed by atoms with Crippen molar-refractivity contribution in [3.05, 3.63) is 77.7 Å². The molecule has 174 valence electrons. The van der Waals surface area contributed by atoms with E-state index in [-0.39, 0.29) is 5.91 Å². The molecule has 2 aromatic heterocycles. The van der Waals surface area contributed by atoms with Crippen LogP contribution in [0.2, 0.25) is 0 Å². The number of halogens is 1. The van der Waals surface area contributed by atoms with Crippen LogP contribution in [0.4, 0.5) is 4.39 Å². The molecule has 0 spiro atoms. The van der Waals surface area contributed by atoms with Crippen LogP contribution >= 0.6 is 0 Å². The summed E-state index contributed by atoms with van der Waals surface area (Å²) in [5, 5.41) is 3.91. The summed E-state index contributed by atoms with van der Waals surface area (Å²) in [5.41, 5.74) is 2.65. The van der Waals surface area contributed by atoms with E-state index in [1.54, 1.807) is 30.3 Å². The number of amides is 1. The molecule has 1 fully saturated rings. The lowest BCUT2D eigenvalue weighted by molar-refractivity contribution is 0.0735. The van der Waals surface area contributed by atoms with Gasteiger partial charge in [-0.2, -0.15) is 0 Å². The van der Waals surface area contributed by atoms with E-state index in [0.717, 1.165) is 11.3 Å². The number of pyridine rings is 1. The van der Waals surface area contributed by atoms with Crippen LogP contribution in [0.1, 0.15) is 15.9 Å². The molecule has 34 heavy (non-hydrogen) atoms. The number of fused-ring (bicyclic) bond motifs is 1. The predicted molar refractivity (Wildman–Crippen MR) is 128 cm³/mol. The maximum absolute atomic E-state index is 14.1. The van der Waals surface area contributed by atoms with Gasteiger partial charge in [0, 0.05) is 55.6 Å². The number of para-hydroxylation sites is 1. The van der Waals surface area contributed by atoms with E-state index < -0.39 is 5.82 Å². The number of benzene rings is 2. The highest BCUT2D eigenvalue weighted by Crippen LogP contribution is 2.40. The normalized spacial score (nSPS) is 13.8. The van der Waals surface area contributed by atoms with Gasteiger partial charge in [-0.1, -0.05) is 24.3 Å². The number of carbonyl (C=O) groups is 1. The molecule has 7 nitrogen and oxygen atoms in total. The summed E-state index contributed by atoms with van der Waals surface area (Å²) in [7, 11) is 1.55. The molecule has 0 radical (unpaired) electrons. The third-order valence-electron chi connectivity index (χ3n) is 5.98. The summed E-state index contributed by atoms with van der Waals surface area (Å²) in [5.74, 6) is 0.498. The summed E-state index contributed by atoms with van der Waals surface area (Å²) < 4.78 is 27.7. The number of hydrogen-bond donors (Lipinski definition) is 1. The molecular formula is C26H25FN4O3. The van der Waals surface area contributed by atoms with Crippen molar-refractivity contribution in [2.24, 2.45) is 0 Å². The molecule has 1 aliphatic rings. The molecule has 1 amide bonds. The summed E-state index contributed by atoms with van der Waals surface area (Å²) in [6, 6.07) is 15.7. The van der Waals surface area contributed by atoms with E-state index in [4.69, 9.17) is 9.47 Å². The Labute approximate surface area is 196 Å². The van der Waals surface area contributed by atoms with Crippen LogP contribution in [0, 0.1) is 12.7 Å². The van der Waals surface area contributed by atoms with Gasteiger partial charge in [0.25, 0.3) is 5.91 Å². The average Bonchev–Trinajstić information content (AvgIpc) is 3.19. The molecule has 0 atom stereocenters. The Morgan fingerprint density at radius 1 is 1.09 bits per heavy atom. The number of carbonyl (C=O) groups excluding carboxylic acids is 1. The quantitative estimate of drug-likeness (QED) is 0.481. The van der Waals surface area contributed by atoms with Gasteiger partial charge in [-0.05, 0) is 30.7 Å². The number of nitrogens with zero attached hydrogens (tertiary/aromatic N) is 3. The van der Waals surface area contributed by atoms with Gasteiger partial charge in [0.15, 0.2) is 0 Å². The van der Waals surface area contributed by atoms with E-state index in [1.807, 2.05) is 41.8 Å². The number of aryl methyl sites for hydroxylation is 1. The summed E-state index contributed by atoms with van der Waals surface area (Å²) >= 11 is 0. The first-order valence-corrected chi connectivity index (χ1v) is 11.1. The summed E-state index contributed by atoms with van der Waals surface area (Å²) in [6.45, 7) is 4.44. The molecular weight excluding hydrogens is 435 g/mol. The number of nitrogens with one attached hydrogen (secondary N) is 1. The van der Waals surface area contributed by atoms with Gasteiger partial charge < -0.3 is 19.7 Å². The third kappa shape index (κ3) is 3.97. The van der Waals surface area contributed by atoms with E-state index >= 15 is 0 Å². The lowest BCUT2D eigenvalue weighted by Gasteiger charge is -2.27. The molecule has 0 unspecified atom stereocenters. The molecule has 2 aromatic carbocycles. The number of piperazine rings is 1. The molecule has 1 N–H and O–H groups in total. The van der Waals surface area contributed by atoms with Crippen molar-refractivity contribution in [2.45, 2.75) is 6.92 Å². The van der Waals surface area contributed by atoms with Crippen LogP contribution < -0.4 is 14.8 Å². The van der Waals surface area contributed by atoms with Gasteiger partial charge in [0.05, 0.1) is 12.6 Å². The Morgan fingerprint density at radius 3 is 2.59 bits per heavy atom. The maximum atomic E-state index is 14.1. The fourth-order valence-corrected chi connectivity index (χ4v) is 4.20. The van der Waals surface area contributed by atoms with Crippen molar-refractivity contribution < 1.29 is 18.7 Å². The van der Waals surface area contributed by atoms with Crippen LogP contribution in [0.5, 0.6) is 17.5 Å². The molecule has 0 saturated carbocycles. The van der Waals surface area contributed by atoms with Crippen LogP contribution in [-0.4, -0.2) is 53.6 Å². The Balaban J connectivity index is 1.79. The first-order valence-electron chi connectivity index (χ1n) is 11.1. The van der Waals surface area contributed by atoms with E-state index in [0.29, 0.717) is 60.2 Å². The Hall–Kier alpha value is -3.91. The second kappa shape index (κ2) is 9.15. The minimum absolute atomic E-state index is 0.155. The van der Waals surface area contributed by atoms with Crippen molar-refractivity contribution in [3.8, 4) is 23.2 Å². The van der Waals surface area contributed by atoms with Gasteiger partial charge in [0.2, 0.25) is 11.8 Å². The first-order chi connectivity index (χ1) is 16.6. The fraction of sp³-hybridized carbons (Fsp3) is 0.231. The molecule has 5 rings (SSSR count). The second-order valence-electron chi connectivity index (χ2n) is 8.15. The SMILES string of the molecule is COc1cc2c(cn1)c(C(=O)N1CCNCC1)c(Oc1cc(F)ccc1C)n2-c1ccccc1. The Morgan fingerprint density at radius 2 is 1.85 bits per heavy atom. The maximum Gasteiger partial charge on any atom is 0.260 e. The standard InChI is InChI=1S/C26H25FN4O3/c1-17-8-9-18(27)14-22(17)34-26-24(25(32)30-12-10-28-11-13-30)20-16-29-23(33-2)15-21(20)31(26)19-6-4-3-5-7-19/h3-9,14-16,28H,10-13H2,1-2H3. The molecule has 1 saturated heterocycles. The zero-order valence-electron chi connectivity index (χ0n) is 19.0. The van der Waals surface area contributed by atoms with Crippen LogP contribution in [-0.2, 0) is 0 Å². The topological polar surface area (TPSA) is 68.6 Å². The number of ether oxygens (including phenoxy) is 2. The highest BCUT2D eigenvalue weighted by atomic mass is 19.1. The van der Waals surface area contributed by atoms with Gasteiger partial charge in [-0.25, -0.2) is 9.37 Å². The minimum atomic E-state index is -0.415. The van der Waals surface area contributed by atoms with Crippen molar-refractivity contribution in [3.63, 3.8) is 0 Å². The van der Waals surface area contributed by atoms with Crippen molar-refractivity contribution >= 4 is 16.8 Å². The molecule has 1 aliphatic heterocycles. The lowest BCUT2D eigenvalue weighted by atomic mass is 10.1. The van der Waals surface area contributed by atoms with Gasteiger partial charge in [-0.3, -0.25) is 9.36 Å². The van der Waals surface area contributed by atoms with Crippen LogP contribution in [0.25, 0.3) is 16.6 Å². The summed E-state index contributed by atoms with van der Waals surface area (Å²) in [4.78, 5) is 20.0. The van der Waals surface area contributed by atoms with E-state index in [1.165, 1.54) is 12.1 Å². The largest absolute Gasteiger partial charge is 0.481 e. The predicted octanol–water partition coefficient (Wildman–Crippen LogP) is 4.32. The third-order valence-corrected chi connectivity index (χ3v) is 5.98. The van der Waals surface area contributed by atoms with Gasteiger partial charge in [0.1, 0.15) is 17.1 Å². The van der Waals surface area contributed by atoms with E-state index in [9.17, 15) is 9.18 Å². The number of rotatable bonds is 5. The zero-order valence-corrected chi connectivity index (χ0v) is 19.0. The van der Waals surface area contributed by atoms with Crippen molar-refractivity contribution in [1.82, 2.24) is 19.8 Å². The van der Waals surface area contributed by atoms with Gasteiger partial charge >= 0.3 is 0 Å². The molecule has 8 heteroatoms. The minimum Gasteiger partial charge on any atom is -0.481 e. The molecule has 3 heterocycles.